The Morgan fingerprint density at radius 1 is 1.16 bits per heavy atom. The lowest BCUT2D eigenvalue weighted by atomic mass is 9.89. The van der Waals surface area contributed by atoms with Gasteiger partial charge >= 0.3 is 0 Å². The zero-order valence-corrected chi connectivity index (χ0v) is 19.4. The van der Waals surface area contributed by atoms with Gasteiger partial charge in [-0.1, -0.05) is 35.9 Å². The van der Waals surface area contributed by atoms with E-state index in [9.17, 15) is 15.0 Å². The highest BCUT2D eigenvalue weighted by Crippen LogP contribution is 2.36. The van der Waals surface area contributed by atoms with Crippen LogP contribution in [0.3, 0.4) is 0 Å². The number of hydrogen-bond acceptors (Lipinski definition) is 6. The fraction of sp³-hybridized carbons (Fsp3) is 0.458. The van der Waals surface area contributed by atoms with Gasteiger partial charge in [0.25, 0.3) is 0 Å². The number of halogens is 1. The number of methoxy groups -OCH3 is 1. The summed E-state index contributed by atoms with van der Waals surface area (Å²) in [6, 6.07) is 12.9. The molecular weight excluding hydrogens is 434 g/mol. The number of carbonyl (C=O) groups is 1. The Kier molecular flexibility index (Phi) is 7.79. The lowest BCUT2D eigenvalue weighted by molar-refractivity contribution is -0.305. The lowest BCUT2D eigenvalue weighted by Gasteiger charge is -2.46. The van der Waals surface area contributed by atoms with Crippen molar-refractivity contribution in [1.29, 1.82) is 0 Å². The van der Waals surface area contributed by atoms with Crippen molar-refractivity contribution in [2.24, 2.45) is 0 Å². The quantitative estimate of drug-likeness (QED) is 0.584. The molecule has 2 aromatic rings. The Balaban J connectivity index is 1.90. The van der Waals surface area contributed by atoms with Crippen LogP contribution in [-0.2, 0) is 20.7 Å². The molecule has 3 rings (SSSR count). The maximum Gasteiger partial charge on any atom is 0.229 e. The first-order chi connectivity index (χ1) is 15.1. The summed E-state index contributed by atoms with van der Waals surface area (Å²) in [7, 11) is 1.46. The number of amides is 1. The van der Waals surface area contributed by atoms with Crippen LogP contribution >= 0.6 is 11.6 Å². The van der Waals surface area contributed by atoms with Gasteiger partial charge in [0.05, 0.1) is 5.60 Å². The summed E-state index contributed by atoms with van der Waals surface area (Å²) in [5.74, 6) is 0.356. The molecule has 1 unspecified atom stereocenters. The normalized spacial score (nSPS) is 24.7. The summed E-state index contributed by atoms with van der Waals surface area (Å²) in [6.07, 6.45) is -3.66. The minimum atomic E-state index is -1.30. The SMILES string of the molecule is CO[C@@H]1[C@@H](O)[C@@H](O)C(Oc2ccc(CCNC(C)=O)c(-c3ccccc3Cl)c2)OC1(C)C. The molecule has 1 saturated heterocycles. The maximum atomic E-state index is 11.3. The van der Waals surface area contributed by atoms with Crippen molar-refractivity contribution in [2.75, 3.05) is 13.7 Å². The van der Waals surface area contributed by atoms with Gasteiger partial charge in [-0.15, -0.1) is 0 Å². The van der Waals surface area contributed by atoms with Gasteiger partial charge in [-0.2, -0.15) is 0 Å². The van der Waals surface area contributed by atoms with Gasteiger partial charge in [-0.05, 0) is 49.6 Å². The Hall–Kier alpha value is -2.16. The molecular formula is C24H30ClNO6. The average molecular weight is 464 g/mol. The molecule has 1 amide bonds. The number of hydrogen-bond donors (Lipinski definition) is 3. The molecule has 32 heavy (non-hydrogen) atoms. The van der Waals surface area contributed by atoms with Gasteiger partial charge in [0.1, 0.15) is 24.1 Å². The van der Waals surface area contributed by atoms with Crippen molar-refractivity contribution in [1.82, 2.24) is 5.32 Å². The predicted octanol–water partition coefficient (Wildman–Crippen LogP) is 2.94. The van der Waals surface area contributed by atoms with Crippen molar-refractivity contribution < 1.29 is 29.2 Å². The van der Waals surface area contributed by atoms with E-state index in [1.54, 1.807) is 26.0 Å². The second-order valence-corrected chi connectivity index (χ2v) is 8.78. The molecule has 0 aliphatic carbocycles. The number of benzene rings is 2. The molecule has 4 atom stereocenters. The van der Waals surface area contributed by atoms with Crippen LogP contribution in [0.5, 0.6) is 5.75 Å². The topological polar surface area (TPSA) is 97.3 Å². The van der Waals surface area contributed by atoms with Gasteiger partial charge < -0.3 is 29.7 Å². The van der Waals surface area contributed by atoms with Gasteiger partial charge in [0.2, 0.25) is 12.2 Å². The fourth-order valence-electron chi connectivity index (χ4n) is 3.99. The Morgan fingerprint density at radius 2 is 1.88 bits per heavy atom. The molecule has 0 aromatic heterocycles. The van der Waals surface area contributed by atoms with E-state index in [1.807, 2.05) is 30.3 Å². The summed E-state index contributed by atoms with van der Waals surface area (Å²) >= 11 is 6.45. The Labute approximate surface area is 193 Å². The number of aliphatic hydroxyl groups excluding tert-OH is 2. The average Bonchev–Trinajstić information content (AvgIpc) is 2.73. The molecule has 1 fully saturated rings. The molecule has 1 aliphatic rings. The summed E-state index contributed by atoms with van der Waals surface area (Å²) < 4.78 is 17.2. The maximum absolute atomic E-state index is 11.3. The number of rotatable bonds is 7. The van der Waals surface area contributed by atoms with Crippen LogP contribution < -0.4 is 10.1 Å². The number of aliphatic hydroxyl groups is 2. The largest absolute Gasteiger partial charge is 0.462 e. The van der Waals surface area contributed by atoms with E-state index in [0.29, 0.717) is 23.7 Å². The van der Waals surface area contributed by atoms with Crippen LogP contribution in [0.2, 0.25) is 5.02 Å². The van der Waals surface area contributed by atoms with Crippen molar-refractivity contribution >= 4 is 17.5 Å². The summed E-state index contributed by atoms with van der Waals surface area (Å²) in [4.78, 5) is 11.3. The van der Waals surface area contributed by atoms with Gasteiger partial charge in [0, 0.05) is 31.2 Å². The third-order valence-corrected chi connectivity index (χ3v) is 5.89. The molecule has 0 bridgehead atoms. The third kappa shape index (κ3) is 5.42. The van der Waals surface area contributed by atoms with E-state index in [0.717, 1.165) is 16.7 Å². The molecule has 7 nitrogen and oxygen atoms in total. The lowest BCUT2D eigenvalue weighted by Crippen LogP contribution is -2.63. The standard InChI is InChI=1S/C24H30ClNO6/c1-14(27)26-12-11-15-9-10-16(13-18(15)17-7-5-6-8-19(17)25)31-23-21(29)20(28)22(30-4)24(2,3)32-23/h5-10,13,20-23,28-29H,11-12H2,1-4H3,(H,26,27)/t20-,21+,22+,23?/m0/s1. The van der Waals surface area contributed by atoms with Crippen molar-refractivity contribution in [2.45, 2.75) is 57.4 Å². The molecule has 0 spiro atoms. The van der Waals surface area contributed by atoms with Gasteiger partial charge in [-0.25, -0.2) is 0 Å². The van der Waals surface area contributed by atoms with E-state index < -0.39 is 30.2 Å². The molecule has 2 aromatic carbocycles. The van der Waals surface area contributed by atoms with Crippen LogP contribution in [0.25, 0.3) is 11.1 Å². The zero-order chi connectivity index (χ0) is 23.5. The molecule has 174 valence electrons. The first-order valence-corrected chi connectivity index (χ1v) is 10.9. The number of ether oxygens (including phenoxy) is 3. The first kappa shape index (κ1) is 24.5. The number of nitrogens with one attached hydrogen (secondary N) is 1. The Morgan fingerprint density at radius 3 is 2.53 bits per heavy atom. The second-order valence-electron chi connectivity index (χ2n) is 8.38. The molecule has 8 heteroatoms. The molecule has 0 radical (unpaired) electrons. The van der Waals surface area contributed by atoms with E-state index in [1.165, 1.54) is 14.0 Å². The summed E-state index contributed by atoms with van der Waals surface area (Å²) in [5, 5.41) is 24.4. The third-order valence-electron chi connectivity index (χ3n) is 5.56. The monoisotopic (exact) mass is 463 g/mol. The highest BCUT2D eigenvalue weighted by Gasteiger charge is 2.50. The zero-order valence-electron chi connectivity index (χ0n) is 18.7. The van der Waals surface area contributed by atoms with Gasteiger partial charge in [-0.3, -0.25) is 4.79 Å². The molecule has 0 saturated carbocycles. The minimum Gasteiger partial charge on any atom is -0.462 e. The number of carbonyl (C=O) groups excluding carboxylic acids is 1. The van der Waals surface area contributed by atoms with Crippen LogP contribution in [0.4, 0.5) is 0 Å². The fourth-order valence-corrected chi connectivity index (χ4v) is 4.23. The van der Waals surface area contributed by atoms with E-state index in [-0.39, 0.29) is 5.91 Å². The van der Waals surface area contributed by atoms with Crippen LogP contribution in [-0.4, -0.2) is 60.0 Å². The highest BCUT2D eigenvalue weighted by atomic mass is 35.5. The summed E-state index contributed by atoms with van der Waals surface area (Å²) in [6.45, 7) is 5.50. The van der Waals surface area contributed by atoms with E-state index >= 15 is 0 Å². The second kappa shape index (κ2) is 10.2. The first-order valence-electron chi connectivity index (χ1n) is 10.5. The Bertz CT molecular complexity index is 950. The summed E-state index contributed by atoms with van der Waals surface area (Å²) in [5.41, 5.74) is 1.77. The molecule has 3 N–H and O–H groups in total. The van der Waals surface area contributed by atoms with Crippen LogP contribution in [0.1, 0.15) is 26.3 Å². The molecule has 1 heterocycles. The predicted molar refractivity (Wildman–Crippen MR) is 122 cm³/mol. The molecule has 1 aliphatic heterocycles. The smallest absolute Gasteiger partial charge is 0.229 e. The highest BCUT2D eigenvalue weighted by molar-refractivity contribution is 6.33. The van der Waals surface area contributed by atoms with Crippen molar-refractivity contribution in [3.63, 3.8) is 0 Å². The van der Waals surface area contributed by atoms with Crippen LogP contribution in [0.15, 0.2) is 42.5 Å². The van der Waals surface area contributed by atoms with Crippen molar-refractivity contribution in [3.05, 3.63) is 53.1 Å². The van der Waals surface area contributed by atoms with Gasteiger partial charge in [0.15, 0.2) is 0 Å². The minimum absolute atomic E-state index is 0.0942. The van der Waals surface area contributed by atoms with Crippen molar-refractivity contribution in [3.8, 4) is 16.9 Å². The van der Waals surface area contributed by atoms with Crippen LogP contribution in [0, 0.1) is 0 Å². The van der Waals surface area contributed by atoms with E-state index in [2.05, 4.69) is 5.32 Å². The van der Waals surface area contributed by atoms with E-state index in [4.69, 9.17) is 25.8 Å².